The normalized spacial score (nSPS) is 23.6. The fourth-order valence-electron chi connectivity index (χ4n) is 3.80. The van der Waals surface area contributed by atoms with Crippen molar-refractivity contribution in [2.75, 3.05) is 5.32 Å². The molecule has 3 atom stereocenters. The lowest BCUT2D eigenvalue weighted by atomic mass is 9.77. The fraction of sp³-hybridized carbons (Fsp3) is 0.455. The van der Waals surface area contributed by atoms with E-state index in [4.69, 9.17) is 4.74 Å². The van der Waals surface area contributed by atoms with Gasteiger partial charge in [0.25, 0.3) is 5.91 Å². The smallest absolute Gasteiger partial charge is 0.254 e. The Hall–Kier alpha value is -2.34. The van der Waals surface area contributed by atoms with Gasteiger partial charge in [0.1, 0.15) is 6.10 Å². The number of aromatic nitrogens is 1. The van der Waals surface area contributed by atoms with Gasteiger partial charge in [0.05, 0.1) is 17.5 Å². The molecule has 2 heterocycles. The van der Waals surface area contributed by atoms with Gasteiger partial charge in [-0.05, 0) is 62.4 Å². The molecule has 0 radical (unpaired) electrons. The van der Waals surface area contributed by atoms with Crippen LogP contribution in [0.4, 0.5) is 14.5 Å². The molecule has 1 aliphatic rings. The van der Waals surface area contributed by atoms with Crippen LogP contribution in [0.1, 0.15) is 50.4 Å². The van der Waals surface area contributed by atoms with E-state index < -0.39 is 29.3 Å². The molecule has 1 aromatic heterocycles. The third-order valence-electron chi connectivity index (χ3n) is 5.85. The summed E-state index contributed by atoms with van der Waals surface area (Å²) >= 11 is 0. The van der Waals surface area contributed by atoms with Crippen molar-refractivity contribution in [2.24, 2.45) is 5.92 Å². The second-order valence-corrected chi connectivity index (χ2v) is 7.91. The van der Waals surface area contributed by atoms with Gasteiger partial charge in [0, 0.05) is 11.6 Å². The third kappa shape index (κ3) is 3.65. The summed E-state index contributed by atoms with van der Waals surface area (Å²) in [6, 6.07) is 6.31. The minimum absolute atomic E-state index is 0.0765. The molecule has 1 aromatic carbocycles. The molecule has 1 N–H and O–H groups in total. The molecule has 0 unspecified atom stereocenters. The number of carbonyl (C=O) groups is 1. The molecule has 0 bridgehead atoms. The van der Waals surface area contributed by atoms with Gasteiger partial charge < -0.3 is 10.1 Å². The van der Waals surface area contributed by atoms with Crippen LogP contribution in [0.2, 0.25) is 0 Å². The van der Waals surface area contributed by atoms with Crippen LogP contribution in [0, 0.1) is 24.5 Å². The molecule has 1 fully saturated rings. The highest BCUT2D eigenvalue weighted by atomic mass is 19.2. The zero-order chi connectivity index (χ0) is 20.6. The van der Waals surface area contributed by atoms with Gasteiger partial charge in [-0.15, -0.1) is 0 Å². The van der Waals surface area contributed by atoms with Crippen LogP contribution in [0.5, 0.6) is 0 Å². The van der Waals surface area contributed by atoms with Crippen molar-refractivity contribution in [2.45, 2.75) is 58.7 Å². The Bertz CT molecular complexity index is 881. The number of hydrogen-bond donors (Lipinski definition) is 1. The highest BCUT2D eigenvalue weighted by Crippen LogP contribution is 2.47. The quantitative estimate of drug-likeness (QED) is 0.821. The Kier molecular flexibility index (Phi) is 5.53. The van der Waals surface area contributed by atoms with E-state index in [1.807, 2.05) is 33.8 Å². The third-order valence-corrected chi connectivity index (χ3v) is 5.85. The predicted molar refractivity (Wildman–Crippen MR) is 104 cm³/mol. The molecule has 1 amide bonds. The van der Waals surface area contributed by atoms with Crippen LogP contribution >= 0.6 is 0 Å². The molecule has 0 saturated carbocycles. The average molecular weight is 388 g/mol. The van der Waals surface area contributed by atoms with Gasteiger partial charge >= 0.3 is 0 Å². The van der Waals surface area contributed by atoms with Gasteiger partial charge in [-0.2, -0.15) is 0 Å². The highest BCUT2D eigenvalue weighted by Gasteiger charge is 2.51. The van der Waals surface area contributed by atoms with Gasteiger partial charge in [0.2, 0.25) is 0 Å². The summed E-state index contributed by atoms with van der Waals surface area (Å²) in [5.74, 6) is -2.57. The van der Waals surface area contributed by atoms with Gasteiger partial charge in [0.15, 0.2) is 11.6 Å². The number of hydrogen-bond acceptors (Lipinski definition) is 3. The number of nitrogens with one attached hydrogen (secondary N) is 1. The van der Waals surface area contributed by atoms with E-state index >= 15 is 0 Å². The molecule has 1 saturated heterocycles. The molecule has 3 rings (SSSR count). The maximum atomic E-state index is 14.2. The Morgan fingerprint density at radius 3 is 2.57 bits per heavy atom. The number of ether oxygens (including phenoxy) is 1. The molecule has 150 valence electrons. The molecule has 28 heavy (non-hydrogen) atoms. The maximum absolute atomic E-state index is 14.2. The molecular formula is C22H26F2N2O2. The lowest BCUT2D eigenvalue weighted by Crippen LogP contribution is -2.33. The largest absolute Gasteiger partial charge is 0.362 e. The van der Waals surface area contributed by atoms with E-state index in [9.17, 15) is 13.6 Å². The van der Waals surface area contributed by atoms with Gasteiger partial charge in [-0.1, -0.05) is 19.9 Å². The van der Waals surface area contributed by atoms with E-state index in [0.29, 0.717) is 11.3 Å². The predicted octanol–water partition coefficient (Wildman–Crippen LogP) is 4.77. The van der Waals surface area contributed by atoms with Crippen molar-refractivity contribution in [3.63, 3.8) is 0 Å². The van der Waals surface area contributed by atoms with E-state index in [0.717, 1.165) is 18.2 Å². The second kappa shape index (κ2) is 7.59. The van der Waals surface area contributed by atoms with Gasteiger partial charge in [-0.3, -0.25) is 9.78 Å². The number of halogens is 2. The van der Waals surface area contributed by atoms with Crippen LogP contribution < -0.4 is 5.32 Å². The first kappa shape index (κ1) is 20.4. The van der Waals surface area contributed by atoms with Crippen LogP contribution in [-0.2, 0) is 16.0 Å². The number of benzene rings is 1. The van der Waals surface area contributed by atoms with Crippen LogP contribution in [0.15, 0.2) is 30.5 Å². The Morgan fingerprint density at radius 2 is 1.96 bits per heavy atom. The number of nitrogens with zero attached hydrogens (tertiary/aromatic N) is 1. The standard InChI is InChI=1S/C22H26F2N2O2/c1-6-14-7-8-15(11-25-14)26-21(27)20-18(13(3)22(4,5)28-20)16-9-10-17(23)19(24)12(16)2/h7-11,13,18,20H,6H2,1-5H3,(H,26,27)/t13-,18-,20+/m0/s1. The summed E-state index contributed by atoms with van der Waals surface area (Å²) in [6.07, 6.45) is 1.60. The van der Waals surface area contributed by atoms with Crippen LogP contribution in [0.25, 0.3) is 0 Å². The van der Waals surface area contributed by atoms with Crippen molar-refractivity contribution in [1.82, 2.24) is 4.98 Å². The Balaban J connectivity index is 1.93. The van der Waals surface area contributed by atoms with E-state index in [2.05, 4.69) is 10.3 Å². The van der Waals surface area contributed by atoms with Crippen molar-refractivity contribution >= 4 is 11.6 Å². The monoisotopic (exact) mass is 388 g/mol. The lowest BCUT2D eigenvalue weighted by Gasteiger charge is -2.25. The minimum atomic E-state index is -0.893. The number of pyridine rings is 1. The highest BCUT2D eigenvalue weighted by molar-refractivity contribution is 5.95. The van der Waals surface area contributed by atoms with Gasteiger partial charge in [-0.25, -0.2) is 8.78 Å². The SMILES string of the molecule is CCc1ccc(NC(=O)[C@@H]2OC(C)(C)[C@@H](C)[C@H]2c2ccc(F)c(F)c2C)cn1. The van der Waals surface area contributed by atoms with E-state index in [1.54, 1.807) is 18.3 Å². The molecule has 1 aliphatic heterocycles. The Labute approximate surface area is 164 Å². The molecule has 0 spiro atoms. The number of carbonyl (C=O) groups excluding carboxylic acids is 1. The lowest BCUT2D eigenvalue weighted by molar-refractivity contribution is -0.131. The summed E-state index contributed by atoms with van der Waals surface area (Å²) in [5.41, 5.74) is 1.72. The molecule has 6 heteroatoms. The average Bonchev–Trinajstić information content (AvgIpc) is 2.91. The first-order valence-electron chi connectivity index (χ1n) is 9.53. The van der Waals surface area contributed by atoms with Crippen LogP contribution in [-0.4, -0.2) is 22.6 Å². The first-order valence-corrected chi connectivity index (χ1v) is 9.53. The number of aryl methyl sites for hydroxylation is 1. The molecule has 0 aliphatic carbocycles. The summed E-state index contributed by atoms with van der Waals surface area (Å²) in [6.45, 7) is 9.32. The summed E-state index contributed by atoms with van der Waals surface area (Å²) in [7, 11) is 0. The van der Waals surface area contributed by atoms with Crippen molar-refractivity contribution in [3.05, 3.63) is 58.9 Å². The first-order chi connectivity index (χ1) is 13.2. The molecule has 4 nitrogen and oxygen atoms in total. The number of amides is 1. The topological polar surface area (TPSA) is 51.2 Å². The zero-order valence-electron chi connectivity index (χ0n) is 16.8. The zero-order valence-corrected chi connectivity index (χ0v) is 16.8. The van der Waals surface area contributed by atoms with Crippen molar-refractivity contribution < 1.29 is 18.3 Å². The minimum Gasteiger partial charge on any atom is -0.362 e. The van der Waals surface area contributed by atoms with E-state index in [-0.39, 0.29) is 17.4 Å². The molecule has 2 aromatic rings. The van der Waals surface area contributed by atoms with Crippen LogP contribution in [0.3, 0.4) is 0 Å². The number of rotatable bonds is 4. The molecular weight excluding hydrogens is 362 g/mol. The summed E-state index contributed by atoms with van der Waals surface area (Å²) in [5, 5.41) is 2.84. The summed E-state index contributed by atoms with van der Waals surface area (Å²) < 4.78 is 33.9. The second-order valence-electron chi connectivity index (χ2n) is 7.91. The van der Waals surface area contributed by atoms with Crippen molar-refractivity contribution in [3.8, 4) is 0 Å². The summed E-state index contributed by atoms with van der Waals surface area (Å²) in [4.78, 5) is 17.3. The van der Waals surface area contributed by atoms with E-state index in [1.165, 1.54) is 6.92 Å². The Morgan fingerprint density at radius 1 is 1.25 bits per heavy atom. The van der Waals surface area contributed by atoms with Crippen molar-refractivity contribution in [1.29, 1.82) is 0 Å². The maximum Gasteiger partial charge on any atom is 0.254 e. The number of anilines is 1. The fourth-order valence-corrected chi connectivity index (χ4v) is 3.80.